The fourth-order valence-electron chi connectivity index (χ4n) is 3.25. The SMILES string of the molecule is O=CC1(CC2CCC2)CCCCCCC1. The standard InChI is InChI=1S/C14H24O/c15-12-14(11-13-7-6-8-13)9-4-2-1-3-5-10-14/h12-13H,1-11H2. The van der Waals surface area contributed by atoms with Gasteiger partial charge in [-0.3, -0.25) is 0 Å². The van der Waals surface area contributed by atoms with Crippen LogP contribution in [0.3, 0.4) is 0 Å². The summed E-state index contributed by atoms with van der Waals surface area (Å²) in [5, 5.41) is 0. The Morgan fingerprint density at radius 2 is 1.53 bits per heavy atom. The first kappa shape index (κ1) is 11.2. The third kappa shape index (κ3) is 2.83. The zero-order valence-electron chi connectivity index (χ0n) is 9.84. The van der Waals surface area contributed by atoms with Crippen molar-refractivity contribution < 1.29 is 4.79 Å². The largest absolute Gasteiger partial charge is 0.303 e. The molecule has 1 heteroatoms. The molecule has 0 bridgehead atoms. The molecule has 0 saturated heterocycles. The number of carbonyl (C=O) groups excluding carboxylic acids is 1. The highest BCUT2D eigenvalue weighted by molar-refractivity contribution is 5.59. The van der Waals surface area contributed by atoms with Crippen molar-refractivity contribution >= 4 is 6.29 Å². The Morgan fingerprint density at radius 3 is 2.00 bits per heavy atom. The lowest BCUT2D eigenvalue weighted by Crippen LogP contribution is -2.29. The molecule has 2 aliphatic rings. The van der Waals surface area contributed by atoms with Crippen LogP contribution < -0.4 is 0 Å². The maximum Gasteiger partial charge on any atom is 0.126 e. The van der Waals surface area contributed by atoms with Gasteiger partial charge in [0.2, 0.25) is 0 Å². The average molecular weight is 208 g/mol. The summed E-state index contributed by atoms with van der Waals surface area (Å²) >= 11 is 0. The first-order valence-corrected chi connectivity index (χ1v) is 6.81. The fraction of sp³-hybridized carbons (Fsp3) is 0.929. The van der Waals surface area contributed by atoms with E-state index in [0.717, 1.165) is 5.92 Å². The van der Waals surface area contributed by atoms with Gasteiger partial charge in [0.1, 0.15) is 6.29 Å². The Balaban J connectivity index is 1.92. The second-order valence-electron chi connectivity index (χ2n) is 5.75. The molecular formula is C14H24O. The molecule has 0 aromatic rings. The van der Waals surface area contributed by atoms with Crippen molar-refractivity contribution in [1.82, 2.24) is 0 Å². The summed E-state index contributed by atoms with van der Waals surface area (Å²) in [6, 6.07) is 0. The molecule has 0 aliphatic heterocycles. The molecule has 2 rings (SSSR count). The van der Waals surface area contributed by atoms with E-state index in [4.69, 9.17) is 0 Å². The van der Waals surface area contributed by atoms with Crippen LogP contribution in [0.5, 0.6) is 0 Å². The third-order valence-corrected chi connectivity index (χ3v) is 4.52. The molecule has 0 N–H and O–H groups in total. The second-order valence-corrected chi connectivity index (χ2v) is 5.75. The van der Waals surface area contributed by atoms with Crippen molar-refractivity contribution in [3.05, 3.63) is 0 Å². The van der Waals surface area contributed by atoms with Crippen molar-refractivity contribution in [3.63, 3.8) is 0 Å². The molecule has 1 nitrogen and oxygen atoms in total. The molecule has 15 heavy (non-hydrogen) atoms. The molecular weight excluding hydrogens is 184 g/mol. The topological polar surface area (TPSA) is 17.1 Å². The monoisotopic (exact) mass is 208 g/mol. The van der Waals surface area contributed by atoms with E-state index in [-0.39, 0.29) is 5.41 Å². The number of rotatable bonds is 3. The second kappa shape index (κ2) is 5.14. The molecule has 2 fully saturated rings. The van der Waals surface area contributed by atoms with Gasteiger partial charge in [-0.05, 0) is 25.2 Å². The van der Waals surface area contributed by atoms with Crippen LogP contribution in [0.1, 0.15) is 70.6 Å². The molecule has 2 aliphatic carbocycles. The van der Waals surface area contributed by atoms with Crippen molar-refractivity contribution in [2.24, 2.45) is 11.3 Å². The Labute approximate surface area is 93.6 Å². The summed E-state index contributed by atoms with van der Waals surface area (Å²) < 4.78 is 0. The number of aldehydes is 1. The quantitative estimate of drug-likeness (QED) is 0.638. The minimum Gasteiger partial charge on any atom is -0.303 e. The maximum atomic E-state index is 11.4. The van der Waals surface area contributed by atoms with Crippen LogP contribution in [0.4, 0.5) is 0 Å². The highest BCUT2D eigenvalue weighted by Crippen LogP contribution is 2.43. The summed E-state index contributed by atoms with van der Waals surface area (Å²) in [5.41, 5.74) is 0.0888. The summed E-state index contributed by atoms with van der Waals surface area (Å²) in [6.07, 6.45) is 15.7. The molecule has 86 valence electrons. The van der Waals surface area contributed by atoms with E-state index in [2.05, 4.69) is 0 Å². The molecule has 2 saturated carbocycles. The van der Waals surface area contributed by atoms with Crippen LogP contribution in [0, 0.1) is 11.3 Å². The summed E-state index contributed by atoms with van der Waals surface area (Å²) in [6.45, 7) is 0. The Morgan fingerprint density at radius 1 is 0.933 bits per heavy atom. The fourth-order valence-corrected chi connectivity index (χ4v) is 3.25. The van der Waals surface area contributed by atoms with Gasteiger partial charge in [-0.15, -0.1) is 0 Å². The summed E-state index contributed by atoms with van der Waals surface area (Å²) in [4.78, 5) is 11.4. The van der Waals surface area contributed by atoms with Crippen LogP contribution >= 0.6 is 0 Å². The van der Waals surface area contributed by atoms with Crippen LogP contribution in [0.2, 0.25) is 0 Å². The van der Waals surface area contributed by atoms with Crippen LogP contribution in [0.15, 0.2) is 0 Å². The molecule has 0 radical (unpaired) electrons. The minimum atomic E-state index is 0.0888. The molecule has 0 amide bonds. The van der Waals surface area contributed by atoms with E-state index >= 15 is 0 Å². The lowest BCUT2D eigenvalue weighted by molar-refractivity contribution is -0.118. The number of hydrogen-bond acceptors (Lipinski definition) is 1. The van der Waals surface area contributed by atoms with Crippen molar-refractivity contribution in [1.29, 1.82) is 0 Å². The first-order chi connectivity index (χ1) is 7.35. The van der Waals surface area contributed by atoms with Gasteiger partial charge >= 0.3 is 0 Å². The lowest BCUT2D eigenvalue weighted by atomic mass is 9.67. The Kier molecular flexibility index (Phi) is 3.82. The molecule has 0 atom stereocenters. The van der Waals surface area contributed by atoms with Gasteiger partial charge in [-0.25, -0.2) is 0 Å². The smallest absolute Gasteiger partial charge is 0.126 e. The number of hydrogen-bond donors (Lipinski definition) is 0. The average Bonchev–Trinajstić information content (AvgIpc) is 2.15. The highest BCUT2D eigenvalue weighted by Gasteiger charge is 2.34. The van der Waals surface area contributed by atoms with Crippen molar-refractivity contribution in [3.8, 4) is 0 Å². The van der Waals surface area contributed by atoms with Crippen LogP contribution in [0.25, 0.3) is 0 Å². The Hall–Kier alpha value is -0.330. The minimum absolute atomic E-state index is 0.0888. The van der Waals surface area contributed by atoms with E-state index in [0.29, 0.717) is 0 Å². The predicted molar refractivity (Wildman–Crippen MR) is 62.8 cm³/mol. The van der Waals surface area contributed by atoms with Gasteiger partial charge in [-0.2, -0.15) is 0 Å². The van der Waals surface area contributed by atoms with Crippen LogP contribution in [-0.2, 0) is 4.79 Å². The zero-order chi connectivity index (χ0) is 10.6. The van der Waals surface area contributed by atoms with E-state index < -0.39 is 0 Å². The Bertz CT molecular complexity index is 197. The lowest BCUT2D eigenvalue weighted by Gasteiger charge is -2.37. The summed E-state index contributed by atoms with van der Waals surface area (Å²) in [7, 11) is 0. The van der Waals surface area contributed by atoms with Crippen molar-refractivity contribution in [2.75, 3.05) is 0 Å². The molecule has 0 aromatic heterocycles. The van der Waals surface area contributed by atoms with Crippen molar-refractivity contribution in [2.45, 2.75) is 70.6 Å². The van der Waals surface area contributed by atoms with Gasteiger partial charge in [0, 0.05) is 5.41 Å². The predicted octanol–water partition coefficient (Wildman–Crippen LogP) is 4.11. The van der Waals surface area contributed by atoms with Gasteiger partial charge < -0.3 is 4.79 Å². The van der Waals surface area contributed by atoms with Gasteiger partial charge in [-0.1, -0.05) is 51.4 Å². The summed E-state index contributed by atoms with van der Waals surface area (Å²) in [5.74, 6) is 0.884. The van der Waals surface area contributed by atoms with Gasteiger partial charge in [0.05, 0.1) is 0 Å². The van der Waals surface area contributed by atoms with E-state index in [1.165, 1.54) is 76.9 Å². The normalized spacial score (nSPS) is 27.5. The van der Waals surface area contributed by atoms with E-state index in [1.54, 1.807) is 0 Å². The molecule has 0 aromatic carbocycles. The zero-order valence-corrected chi connectivity index (χ0v) is 9.84. The molecule has 0 unspecified atom stereocenters. The first-order valence-electron chi connectivity index (χ1n) is 6.81. The van der Waals surface area contributed by atoms with Gasteiger partial charge in [0.15, 0.2) is 0 Å². The molecule has 0 heterocycles. The third-order valence-electron chi connectivity index (χ3n) is 4.52. The highest BCUT2D eigenvalue weighted by atomic mass is 16.1. The number of carbonyl (C=O) groups is 1. The van der Waals surface area contributed by atoms with Gasteiger partial charge in [0.25, 0.3) is 0 Å². The van der Waals surface area contributed by atoms with E-state index in [1.807, 2.05) is 0 Å². The molecule has 0 spiro atoms. The van der Waals surface area contributed by atoms with E-state index in [9.17, 15) is 4.79 Å². The maximum absolute atomic E-state index is 11.4. The van der Waals surface area contributed by atoms with Crippen LogP contribution in [-0.4, -0.2) is 6.29 Å².